The molecule has 0 spiro atoms. The van der Waals surface area contributed by atoms with Gasteiger partial charge < -0.3 is 5.73 Å². The van der Waals surface area contributed by atoms with Crippen molar-refractivity contribution in [2.45, 2.75) is 26.3 Å². The zero-order valence-corrected chi connectivity index (χ0v) is 12.3. The normalized spacial score (nSPS) is 10.9. The number of anilines is 1. The Bertz CT molecular complexity index is 491. The van der Waals surface area contributed by atoms with Crippen molar-refractivity contribution >= 4 is 5.69 Å². The van der Waals surface area contributed by atoms with Gasteiger partial charge in [0, 0.05) is 18.8 Å². The molecule has 106 valence electrons. The number of nitrogens with zero attached hydrogens (tertiary/aromatic N) is 1. The zero-order chi connectivity index (χ0) is 14.2. The molecule has 0 aliphatic carbocycles. The topological polar surface area (TPSA) is 29.3 Å². The van der Waals surface area contributed by atoms with Crippen molar-refractivity contribution in [3.05, 3.63) is 65.7 Å². The number of nitrogens with two attached hydrogens (primary N) is 1. The highest BCUT2D eigenvalue weighted by Crippen LogP contribution is 2.09. The van der Waals surface area contributed by atoms with Crippen molar-refractivity contribution < 1.29 is 0 Å². The average Bonchev–Trinajstić information content (AvgIpc) is 2.48. The van der Waals surface area contributed by atoms with E-state index in [9.17, 15) is 0 Å². The van der Waals surface area contributed by atoms with Crippen molar-refractivity contribution in [1.82, 2.24) is 4.90 Å². The van der Waals surface area contributed by atoms with Crippen LogP contribution in [-0.4, -0.2) is 18.0 Å². The molecule has 0 aliphatic rings. The summed E-state index contributed by atoms with van der Waals surface area (Å²) in [5.41, 5.74) is 9.30. The van der Waals surface area contributed by atoms with Gasteiger partial charge in [-0.2, -0.15) is 0 Å². The smallest absolute Gasteiger partial charge is 0.0314 e. The first-order valence-electron chi connectivity index (χ1n) is 7.38. The molecule has 0 saturated carbocycles. The molecule has 0 unspecified atom stereocenters. The molecule has 2 rings (SSSR count). The summed E-state index contributed by atoms with van der Waals surface area (Å²) >= 11 is 0. The minimum atomic E-state index is 0.837. The van der Waals surface area contributed by atoms with Crippen LogP contribution in [0.15, 0.2) is 54.6 Å². The van der Waals surface area contributed by atoms with Gasteiger partial charge in [0.05, 0.1) is 0 Å². The van der Waals surface area contributed by atoms with Crippen LogP contribution in [-0.2, 0) is 13.0 Å². The molecule has 2 nitrogen and oxygen atoms in total. The maximum Gasteiger partial charge on any atom is 0.0314 e. The average molecular weight is 268 g/mol. The van der Waals surface area contributed by atoms with Crippen LogP contribution in [0.2, 0.25) is 0 Å². The highest BCUT2D eigenvalue weighted by Gasteiger charge is 2.05. The summed E-state index contributed by atoms with van der Waals surface area (Å²) in [5, 5.41) is 0. The number of rotatable bonds is 7. The third-order valence-corrected chi connectivity index (χ3v) is 3.49. The SMILES string of the molecule is CCCN(CCc1ccc(N)cc1)Cc1ccccc1. The summed E-state index contributed by atoms with van der Waals surface area (Å²) in [6.45, 7) is 5.50. The van der Waals surface area contributed by atoms with E-state index in [0.717, 1.165) is 31.7 Å². The fourth-order valence-corrected chi connectivity index (χ4v) is 2.40. The van der Waals surface area contributed by atoms with Gasteiger partial charge in [-0.1, -0.05) is 49.4 Å². The van der Waals surface area contributed by atoms with Crippen molar-refractivity contribution in [3.63, 3.8) is 0 Å². The van der Waals surface area contributed by atoms with Gasteiger partial charge in [0.25, 0.3) is 0 Å². The molecule has 20 heavy (non-hydrogen) atoms. The van der Waals surface area contributed by atoms with Crippen LogP contribution in [0.4, 0.5) is 5.69 Å². The molecule has 0 bridgehead atoms. The standard InChI is InChI=1S/C18H24N2/c1-2-13-20(15-17-6-4-3-5-7-17)14-12-16-8-10-18(19)11-9-16/h3-11H,2,12-15,19H2,1H3. The van der Waals surface area contributed by atoms with Crippen LogP contribution in [0.5, 0.6) is 0 Å². The maximum absolute atomic E-state index is 5.72. The lowest BCUT2D eigenvalue weighted by Gasteiger charge is -2.21. The molecule has 0 saturated heterocycles. The van der Waals surface area contributed by atoms with Gasteiger partial charge in [-0.3, -0.25) is 4.90 Å². The van der Waals surface area contributed by atoms with Gasteiger partial charge >= 0.3 is 0 Å². The Labute approximate surface area is 122 Å². The van der Waals surface area contributed by atoms with Gasteiger partial charge in [0.2, 0.25) is 0 Å². The van der Waals surface area contributed by atoms with Crippen LogP contribution >= 0.6 is 0 Å². The van der Waals surface area contributed by atoms with Crippen LogP contribution in [0.25, 0.3) is 0 Å². The van der Waals surface area contributed by atoms with E-state index >= 15 is 0 Å². The predicted octanol–water partition coefficient (Wildman–Crippen LogP) is 3.72. The Balaban J connectivity index is 1.90. The molecule has 2 aromatic rings. The van der Waals surface area contributed by atoms with Gasteiger partial charge in [0.15, 0.2) is 0 Å². The molecule has 2 aromatic carbocycles. The number of hydrogen-bond donors (Lipinski definition) is 1. The highest BCUT2D eigenvalue weighted by molar-refractivity contribution is 5.39. The predicted molar refractivity (Wildman–Crippen MR) is 86.6 cm³/mol. The lowest BCUT2D eigenvalue weighted by Crippen LogP contribution is -2.26. The second kappa shape index (κ2) is 7.71. The van der Waals surface area contributed by atoms with Crippen LogP contribution in [0, 0.1) is 0 Å². The number of benzene rings is 2. The van der Waals surface area contributed by atoms with Crippen molar-refractivity contribution in [2.24, 2.45) is 0 Å². The lowest BCUT2D eigenvalue weighted by molar-refractivity contribution is 0.269. The molecule has 0 fully saturated rings. The summed E-state index contributed by atoms with van der Waals surface area (Å²) in [7, 11) is 0. The minimum absolute atomic E-state index is 0.837. The first-order chi connectivity index (χ1) is 9.78. The van der Waals surface area contributed by atoms with E-state index in [2.05, 4.69) is 54.3 Å². The number of hydrogen-bond acceptors (Lipinski definition) is 2. The van der Waals surface area contributed by atoms with E-state index in [0.29, 0.717) is 0 Å². The first-order valence-corrected chi connectivity index (χ1v) is 7.38. The molecule has 0 atom stereocenters. The van der Waals surface area contributed by atoms with Gasteiger partial charge in [-0.25, -0.2) is 0 Å². The summed E-state index contributed by atoms with van der Waals surface area (Å²) in [6, 6.07) is 18.9. The summed E-state index contributed by atoms with van der Waals surface area (Å²) < 4.78 is 0. The molecule has 2 N–H and O–H groups in total. The first kappa shape index (κ1) is 14.6. The fourth-order valence-electron chi connectivity index (χ4n) is 2.40. The molecule has 0 aliphatic heterocycles. The summed E-state index contributed by atoms with van der Waals surface area (Å²) in [5.74, 6) is 0. The lowest BCUT2D eigenvalue weighted by atomic mass is 10.1. The van der Waals surface area contributed by atoms with Gasteiger partial charge in [-0.15, -0.1) is 0 Å². The fraction of sp³-hybridized carbons (Fsp3) is 0.333. The quantitative estimate of drug-likeness (QED) is 0.775. The molecular formula is C18H24N2. The van der Waals surface area contributed by atoms with E-state index in [4.69, 9.17) is 5.73 Å². The Morgan fingerprint density at radius 1 is 0.850 bits per heavy atom. The van der Waals surface area contributed by atoms with E-state index < -0.39 is 0 Å². The third-order valence-electron chi connectivity index (χ3n) is 3.49. The van der Waals surface area contributed by atoms with Crippen LogP contribution in [0.3, 0.4) is 0 Å². The molecule has 0 heterocycles. The van der Waals surface area contributed by atoms with Crippen LogP contribution < -0.4 is 5.73 Å². The van der Waals surface area contributed by atoms with Crippen molar-refractivity contribution in [2.75, 3.05) is 18.8 Å². The molecule has 0 radical (unpaired) electrons. The zero-order valence-electron chi connectivity index (χ0n) is 12.3. The second-order valence-electron chi connectivity index (χ2n) is 5.25. The summed E-state index contributed by atoms with van der Waals surface area (Å²) in [6.07, 6.45) is 2.27. The largest absolute Gasteiger partial charge is 0.399 e. The molecule has 0 amide bonds. The number of nitrogen functional groups attached to an aromatic ring is 1. The molecular weight excluding hydrogens is 244 g/mol. The maximum atomic E-state index is 5.72. The van der Waals surface area contributed by atoms with Gasteiger partial charge in [-0.05, 0) is 42.6 Å². The monoisotopic (exact) mass is 268 g/mol. The van der Waals surface area contributed by atoms with E-state index in [1.54, 1.807) is 0 Å². The van der Waals surface area contributed by atoms with Crippen molar-refractivity contribution in [1.29, 1.82) is 0 Å². The summed E-state index contributed by atoms with van der Waals surface area (Å²) in [4.78, 5) is 2.52. The van der Waals surface area contributed by atoms with E-state index in [1.807, 2.05) is 12.1 Å². The Hall–Kier alpha value is -1.80. The second-order valence-corrected chi connectivity index (χ2v) is 5.25. The van der Waals surface area contributed by atoms with Crippen molar-refractivity contribution in [3.8, 4) is 0 Å². The Kier molecular flexibility index (Phi) is 5.63. The van der Waals surface area contributed by atoms with E-state index in [-0.39, 0.29) is 0 Å². The Morgan fingerprint density at radius 2 is 1.55 bits per heavy atom. The molecule has 0 aromatic heterocycles. The van der Waals surface area contributed by atoms with E-state index in [1.165, 1.54) is 17.5 Å². The Morgan fingerprint density at radius 3 is 2.20 bits per heavy atom. The highest BCUT2D eigenvalue weighted by atomic mass is 15.1. The minimum Gasteiger partial charge on any atom is -0.399 e. The van der Waals surface area contributed by atoms with Crippen LogP contribution in [0.1, 0.15) is 24.5 Å². The third kappa shape index (κ3) is 4.71. The molecule has 2 heteroatoms. The van der Waals surface area contributed by atoms with Gasteiger partial charge in [0.1, 0.15) is 0 Å².